The lowest BCUT2D eigenvalue weighted by molar-refractivity contribution is 0.155. The summed E-state index contributed by atoms with van der Waals surface area (Å²) in [6.07, 6.45) is 9.14. The summed E-state index contributed by atoms with van der Waals surface area (Å²) in [5, 5.41) is 9.60. The lowest BCUT2D eigenvalue weighted by Gasteiger charge is -2.40. The van der Waals surface area contributed by atoms with Gasteiger partial charge in [-0.1, -0.05) is 39.0 Å². The Morgan fingerprint density at radius 2 is 1.77 bits per heavy atom. The highest BCUT2D eigenvalue weighted by molar-refractivity contribution is 7.16. The predicted octanol–water partition coefficient (Wildman–Crippen LogP) is 6.02. The summed E-state index contributed by atoms with van der Waals surface area (Å²) < 4.78 is 13.9. The van der Waals surface area contributed by atoms with E-state index in [9.17, 15) is 4.39 Å². The van der Waals surface area contributed by atoms with Crippen molar-refractivity contribution in [1.82, 2.24) is 9.91 Å². The summed E-state index contributed by atoms with van der Waals surface area (Å²) in [6, 6.07) is 7.52. The van der Waals surface area contributed by atoms with Crippen LogP contribution in [0.1, 0.15) is 55.9 Å². The zero-order valence-corrected chi connectivity index (χ0v) is 19.2. The lowest BCUT2D eigenvalue weighted by Crippen LogP contribution is -2.51. The average molecular weight is 431 g/mol. The molecule has 4 rings (SSSR count). The van der Waals surface area contributed by atoms with Crippen LogP contribution in [0.2, 0.25) is 0 Å². The largest absolute Gasteiger partial charge is 0.379 e. The van der Waals surface area contributed by atoms with Crippen molar-refractivity contribution in [1.29, 1.82) is 0 Å². The van der Waals surface area contributed by atoms with Crippen molar-refractivity contribution in [3.63, 3.8) is 0 Å². The number of thiophene rings is 1. The number of benzene rings is 1. The summed E-state index contributed by atoms with van der Waals surface area (Å²) in [7, 11) is 2.18. The first-order chi connectivity index (χ1) is 14.7. The van der Waals surface area contributed by atoms with E-state index in [4.69, 9.17) is 0 Å². The van der Waals surface area contributed by atoms with E-state index in [1.54, 1.807) is 12.1 Å². The molecule has 2 aromatic rings. The SMILES string of the molecule is CCCCCCCCc1cc2c(s1)N(N1CCN(C)CC1)c1ccc(F)cc1NC2. The number of hydrogen-bond acceptors (Lipinski definition) is 5. The molecule has 3 heterocycles. The molecule has 2 aliphatic rings. The van der Waals surface area contributed by atoms with E-state index in [0.29, 0.717) is 0 Å². The van der Waals surface area contributed by atoms with E-state index in [1.165, 1.54) is 54.0 Å². The van der Waals surface area contributed by atoms with Crippen LogP contribution in [-0.2, 0) is 13.0 Å². The molecule has 164 valence electrons. The first-order valence-electron chi connectivity index (χ1n) is 11.5. The minimum Gasteiger partial charge on any atom is -0.379 e. The summed E-state index contributed by atoms with van der Waals surface area (Å²) in [4.78, 5) is 3.85. The van der Waals surface area contributed by atoms with Gasteiger partial charge in [0, 0.05) is 43.2 Å². The zero-order valence-electron chi connectivity index (χ0n) is 18.4. The van der Waals surface area contributed by atoms with Crippen molar-refractivity contribution in [3.8, 4) is 0 Å². The molecule has 6 heteroatoms. The molecule has 2 aliphatic heterocycles. The number of fused-ring (bicyclic) bond motifs is 2. The number of piperazine rings is 1. The Hall–Kier alpha value is -1.63. The van der Waals surface area contributed by atoms with Crippen LogP contribution in [0.3, 0.4) is 0 Å². The summed E-state index contributed by atoms with van der Waals surface area (Å²) >= 11 is 1.92. The number of halogens is 1. The maximum Gasteiger partial charge on any atom is 0.125 e. The molecule has 1 N–H and O–H groups in total. The Kier molecular flexibility index (Phi) is 7.28. The van der Waals surface area contributed by atoms with E-state index in [-0.39, 0.29) is 5.82 Å². The van der Waals surface area contributed by atoms with Gasteiger partial charge in [-0.05, 0) is 44.2 Å². The van der Waals surface area contributed by atoms with Gasteiger partial charge in [-0.3, -0.25) is 5.01 Å². The van der Waals surface area contributed by atoms with Crippen LogP contribution in [0, 0.1) is 5.82 Å². The van der Waals surface area contributed by atoms with Gasteiger partial charge < -0.3 is 10.2 Å². The summed E-state index contributed by atoms with van der Waals surface area (Å²) in [5.41, 5.74) is 3.28. The van der Waals surface area contributed by atoms with E-state index in [2.05, 4.69) is 40.3 Å². The second kappa shape index (κ2) is 10.1. The fourth-order valence-corrected chi connectivity index (χ4v) is 5.65. The number of hydrazine groups is 1. The fraction of sp³-hybridized carbons (Fsp3) is 0.583. The van der Waals surface area contributed by atoms with Gasteiger partial charge in [0.2, 0.25) is 0 Å². The number of aryl methyl sites for hydroxylation is 1. The molecule has 0 bridgehead atoms. The van der Waals surface area contributed by atoms with Crippen LogP contribution in [0.15, 0.2) is 24.3 Å². The van der Waals surface area contributed by atoms with Crippen LogP contribution >= 0.6 is 11.3 Å². The van der Waals surface area contributed by atoms with Gasteiger partial charge >= 0.3 is 0 Å². The van der Waals surface area contributed by atoms with Gasteiger partial charge in [0.15, 0.2) is 0 Å². The minimum atomic E-state index is -0.186. The third-order valence-electron chi connectivity index (χ3n) is 6.23. The van der Waals surface area contributed by atoms with Gasteiger partial charge in [0.05, 0.1) is 11.4 Å². The highest BCUT2D eigenvalue weighted by Gasteiger charge is 2.29. The van der Waals surface area contributed by atoms with Crippen LogP contribution in [0.25, 0.3) is 0 Å². The first kappa shape index (κ1) is 21.6. The Balaban J connectivity index is 1.54. The highest BCUT2D eigenvalue weighted by atomic mass is 32.1. The quantitative estimate of drug-likeness (QED) is 0.517. The molecule has 30 heavy (non-hydrogen) atoms. The molecule has 0 atom stereocenters. The molecule has 0 radical (unpaired) electrons. The Bertz CT molecular complexity index is 829. The Labute approximate surface area is 184 Å². The van der Waals surface area contributed by atoms with Crippen molar-refractivity contribution in [2.24, 2.45) is 0 Å². The normalized spacial score (nSPS) is 17.4. The number of nitrogens with zero attached hydrogens (tertiary/aromatic N) is 3. The predicted molar refractivity (Wildman–Crippen MR) is 126 cm³/mol. The molecule has 0 amide bonds. The molecule has 0 unspecified atom stereocenters. The smallest absolute Gasteiger partial charge is 0.125 e. The molecular formula is C24H35FN4S. The monoisotopic (exact) mass is 430 g/mol. The minimum absolute atomic E-state index is 0.186. The van der Waals surface area contributed by atoms with Crippen molar-refractivity contribution in [3.05, 3.63) is 40.5 Å². The number of rotatable bonds is 8. The second-order valence-electron chi connectivity index (χ2n) is 8.64. The first-order valence-corrected chi connectivity index (χ1v) is 12.4. The topological polar surface area (TPSA) is 21.8 Å². The molecule has 1 aromatic heterocycles. The Morgan fingerprint density at radius 3 is 2.57 bits per heavy atom. The average Bonchev–Trinajstić information content (AvgIpc) is 3.08. The highest BCUT2D eigenvalue weighted by Crippen LogP contribution is 2.44. The van der Waals surface area contributed by atoms with Crippen molar-refractivity contribution >= 4 is 27.7 Å². The van der Waals surface area contributed by atoms with Gasteiger partial charge in [0.25, 0.3) is 0 Å². The third kappa shape index (κ3) is 4.98. The summed E-state index contributed by atoms with van der Waals surface area (Å²) in [5.74, 6) is -0.186. The summed E-state index contributed by atoms with van der Waals surface area (Å²) in [6.45, 7) is 7.08. The van der Waals surface area contributed by atoms with E-state index < -0.39 is 0 Å². The van der Waals surface area contributed by atoms with Gasteiger partial charge in [-0.2, -0.15) is 0 Å². The van der Waals surface area contributed by atoms with Crippen LogP contribution in [-0.4, -0.2) is 43.1 Å². The van der Waals surface area contributed by atoms with Crippen molar-refractivity contribution in [2.45, 2.75) is 58.4 Å². The van der Waals surface area contributed by atoms with Crippen LogP contribution in [0.4, 0.5) is 20.8 Å². The number of nitrogens with one attached hydrogen (secondary N) is 1. The molecular weight excluding hydrogens is 395 g/mol. The van der Waals surface area contributed by atoms with Gasteiger partial charge in [-0.25, -0.2) is 9.40 Å². The maximum absolute atomic E-state index is 13.9. The molecule has 1 saturated heterocycles. The maximum atomic E-state index is 13.9. The number of unbranched alkanes of at least 4 members (excludes halogenated alkanes) is 5. The van der Waals surface area contributed by atoms with E-state index >= 15 is 0 Å². The fourth-order valence-electron chi connectivity index (χ4n) is 4.40. The van der Waals surface area contributed by atoms with E-state index in [0.717, 1.165) is 50.5 Å². The van der Waals surface area contributed by atoms with Crippen LogP contribution < -0.4 is 10.3 Å². The Morgan fingerprint density at radius 1 is 1.00 bits per heavy atom. The molecule has 0 aliphatic carbocycles. The van der Waals surface area contributed by atoms with Crippen LogP contribution in [0.5, 0.6) is 0 Å². The standard InChI is InChI=1S/C24H35FN4S/c1-3-4-5-6-7-8-9-21-16-19-18-26-22-17-20(25)10-11-23(22)29(24(19)30-21)28-14-12-27(2)13-15-28/h10-11,16-17,26H,3-9,12-15,18H2,1-2H3. The number of anilines is 3. The van der Waals surface area contributed by atoms with Gasteiger partial charge in [0.1, 0.15) is 10.8 Å². The third-order valence-corrected chi connectivity index (χ3v) is 7.44. The molecule has 0 spiro atoms. The second-order valence-corrected chi connectivity index (χ2v) is 9.76. The van der Waals surface area contributed by atoms with E-state index in [1.807, 2.05) is 17.4 Å². The number of likely N-dealkylation sites (N-methyl/N-ethyl adjacent to an activating group) is 1. The van der Waals surface area contributed by atoms with Crippen molar-refractivity contribution < 1.29 is 4.39 Å². The van der Waals surface area contributed by atoms with Crippen molar-refractivity contribution in [2.75, 3.05) is 43.6 Å². The van der Waals surface area contributed by atoms with Gasteiger partial charge in [-0.15, -0.1) is 11.3 Å². The molecule has 1 fully saturated rings. The molecule has 0 saturated carbocycles. The molecule has 4 nitrogen and oxygen atoms in total. The number of hydrogen-bond donors (Lipinski definition) is 1. The molecule has 1 aromatic carbocycles. The lowest BCUT2D eigenvalue weighted by atomic mass is 10.1. The zero-order chi connectivity index (χ0) is 20.9.